The molecule has 0 saturated heterocycles. The second-order valence-electron chi connectivity index (χ2n) is 2.97. The molecule has 0 aliphatic carbocycles. The number of carbonyl (C=O) groups is 1. The van der Waals surface area contributed by atoms with E-state index in [1.807, 2.05) is 11.0 Å². The van der Waals surface area contributed by atoms with E-state index in [0.29, 0.717) is 24.4 Å². The van der Waals surface area contributed by atoms with Crippen molar-refractivity contribution in [2.75, 3.05) is 26.0 Å². The smallest absolute Gasteiger partial charge is 0.334 e. The quantitative estimate of drug-likeness (QED) is 0.427. The van der Waals surface area contributed by atoms with Gasteiger partial charge in [-0.05, 0) is 0 Å². The highest BCUT2D eigenvalue weighted by Gasteiger charge is 2.17. The Balaban J connectivity index is 2.70. The molecule has 0 N–H and O–H groups in total. The molecule has 1 heterocycles. The van der Waals surface area contributed by atoms with Crippen LogP contribution in [0.1, 0.15) is 0 Å². The minimum atomic E-state index is -0.272. The predicted octanol–water partition coefficient (Wildman–Crippen LogP) is 1.61. The van der Waals surface area contributed by atoms with Crippen LogP contribution < -0.4 is 0 Å². The SMILES string of the molecule is C=CCN1CC=C(C(=O)OC)CSC1=S. The number of hydrogen-bond donors (Lipinski definition) is 0. The third kappa shape index (κ3) is 3.35. The molecule has 82 valence electrons. The minimum Gasteiger partial charge on any atom is -0.466 e. The molecule has 3 nitrogen and oxygen atoms in total. The van der Waals surface area contributed by atoms with Crippen LogP contribution in [0.5, 0.6) is 0 Å². The van der Waals surface area contributed by atoms with Crippen LogP contribution in [0.15, 0.2) is 24.3 Å². The van der Waals surface area contributed by atoms with E-state index in [0.717, 1.165) is 4.32 Å². The molecule has 15 heavy (non-hydrogen) atoms. The molecule has 0 unspecified atom stereocenters. The molecular formula is C10H13NO2S2. The normalized spacial score (nSPS) is 16.7. The monoisotopic (exact) mass is 243 g/mol. The van der Waals surface area contributed by atoms with Crippen LogP contribution in [0.25, 0.3) is 0 Å². The lowest BCUT2D eigenvalue weighted by atomic mass is 10.3. The van der Waals surface area contributed by atoms with E-state index in [1.54, 1.807) is 6.08 Å². The standard InChI is InChI=1S/C10H13NO2S2/c1-3-5-11-6-4-8(9(12)13-2)7-15-10(11)14/h3-4H,1,5-7H2,2H3. The van der Waals surface area contributed by atoms with Gasteiger partial charge in [0, 0.05) is 24.4 Å². The summed E-state index contributed by atoms with van der Waals surface area (Å²) in [5.41, 5.74) is 0.677. The summed E-state index contributed by atoms with van der Waals surface area (Å²) in [5, 5.41) is 0. The van der Waals surface area contributed by atoms with Crippen molar-refractivity contribution < 1.29 is 9.53 Å². The fourth-order valence-corrected chi connectivity index (χ4v) is 2.34. The number of hydrogen-bond acceptors (Lipinski definition) is 4. The zero-order valence-electron chi connectivity index (χ0n) is 8.56. The van der Waals surface area contributed by atoms with Crippen LogP contribution in [0, 0.1) is 0 Å². The number of thioether (sulfide) groups is 1. The number of nitrogens with zero attached hydrogens (tertiary/aromatic N) is 1. The zero-order valence-corrected chi connectivity index (χ0v) is 10.2. The van der Waals surface area contributed by atoms with Gasteiger partial charge in [-0.3, -0.25) is 0 Å². The first-order chi connectivity index (χ1) is 7.19. The highest BCUT2D eigenvalue weighted by atomic mass is 32.2. The lowest BCUT2D eigenvalue weighted by molar-refractivity contribution is -0.135. The van der Waals surface area contributed by atoms with Crippen LogP contribution in [0.4, 0.5) is 0 Å². The van der Waals surface area contributed by atoms with Gasteiger partial charge in [0.25, 0.3) is 0 Å². The van der Waals surface area contributed by atoms with Crippen LogP contribution in [-0.2, 0) is 9.53 Å². The van der Waals surface area contributed by atoms with Crippen molar-refractivity contribution in [2.24, 2.45) is 0 Å². The van der Waals surface area contributed by atoms with Gasteiger partial charge in [-0.25, -0.2) is 4.79 Å². The van der Waals surface area contributed by atoms with Gasteiger partial charge in [0.15, 0.2) is 0 Å². The molecule has 0 saturated carbocycles. The Morgan fingerprint density at radius 2 is 2.60 bits per heavy atom. The van der Waals surface area contributed by atoms with Crippen molar-refractivity contribution in [2.45, 2.75) is 0 Å². The van der Waals surface area contributed by atoms with E-state index in [1.165, 1.54) is 18.9 Å². The number of carbonyl (C=O) groups excluding carboxylic acids is 1. The Hall–Kier alpha value is -0.810. The first-order valence-corrected chi connectivity index (χ1v) is 5.88. The van der Waals surface area contributed by atoms with Crippen LogP contribution >= 0.6 is 24.0 Å². The molecule has 5 heteroatoms. The van der Waals surface area contributed by atoms with Crippen molar-refractivity contribution in [3.8, 4) is 0 Å². The first kappa shape index (κ1) is 12.3. The van der Waals surface area contributed by atoms with Gasteiger partial charge < -0.3 is 9.64 Å². The third-order valence-corrected chi connectivity index (χ3v) is 3.54. The molecule has 0 bridgehead atoms. The largest absolute Gasteiger partial charge is 0.466 e. The van der Waals surface area contributed by atoms with Crippen molar-refractivity contribution in [1.29, 1.82) is 0 Å². The Morgan fingerprint density at radius 1 is 1.87 bits per heavy atom. The number of esters is 1. The maximum Gasteiger partial charge on any atom is 0.334 e. The lowest BCUT2D eigenvalue weighted by Gasteiger charge is -2.19. The van der Waals surface area contributed by atoms with Crippen molar-refractivity contribution in [3.05, 3.63) is 24.3 Å². The Morgan fingerprint density at radius 3 is 3.20 bits per heavy atom. The van der Waals surface area contributed by atoms with E-state index in [2.05, 4.69) is 11.3 Å². The van der Waals surface area contributed by atoms with Gasteiger partial charge in [-0.15, -0.1) is 6.58 Å². The van der Waals surface area contributed by atoms with Crippen LogP contribution in [-0.4, -0.2) is 41.1 Å². The maximum atomic E-state index is 11.3. The summed E-state index contributed by atoms with van der Waals surface area (Å²) in [7, 11) is 1.39. The Labute approximate surface area is 99.2 Å². The maximum absolute atomic E-state index is 11.3. The second kappa shape index (κ2) is 5.92. The molecule has 1 rings (SSSR count). The van der Waals surface area contributed by atoms with Gasteiger partial charge in [0.05, 0.1) is 7.11 Å². The average Bonchev–Trinajstić information content (AvgIpc) is 2.42. The lowest BCUT2D eigenvalue weighted by Crippen LogP contribution is -2.26. The molecule has 0 radical (unpaired) electrons. The van der Waals surface area contributed by atoms with Crippen molar-refractivity contribution >= 4 is 34.3 Å². The van der Waals surface area contributed by atoms with Crippen molar-refractivity contribution in [3.63, 3.8) is 0 Å². The van der Waals surface area contributed by atoms with E-state index in [-0.39, 0.29) is 5.97 Å². The molecule has 0 fully saturated rings. The Kier molecular flexibility index (Phi) is 4.84. The highest BCUT2D eigenvalue weighted by molar-refractivity contribution is 8.23. The predicted molar refractivity (Wildman–Crippen MR) is 66.9 cm³/mol. The molecule has 0 amide bonds. The summed E-state index contributed by atoms with van der Waals surface area (Å²) in [6, 6.07) is 0. The van der Waals surface area contributed by atoms with Gasteiger partial charge in [0.2, 0.25) is 0 Å². The topological polar surface area (TPSA) is 29.5 Å². The summed E-state index contributed by atoms with van der Waals surface area (Å²) in [4.78, 5) is 13.3. The van der Waals surface area contributed by atoms with E-state index >= 15 is 0 Å². The zero-order chi connectivity index (χ0) is 11.3. The first-order valence-electron chi connectivity index (χ1n) is 4.49. The van der Waals surface area contributed by atoms with Crippen LogP contribution in [0.3, 0.4) is 0 Å². The summed E-state index contributed by atoms with van der Waals surface area (Å²) in [6.07, 6.45) is 3.66. The van der Waals surface area contributed by atoms with E-state index in [9.17, 15) is 4.79 Å². The molecule has 0 aromatic carbocycles. The highest BCUT2D eigenvalue weighted by Crippen LogP contribution is 2.18. The second-order valence-corrected chi connectivity index (χ2v) is 4.58. The van der Waals surface area contributed by atoms with Crippen LogP contribution in [0.2, 0.25) is 0 Å². The summed E-state index contributed by atoms with van der Waals surface area (Å²) >= 11 is 6.69. The van der Waals surface area contributed by atoms with Gasteiger partial charge in [-0.2, -0.15) is 0 Å². The minimum absolute atomic E-state index is 0.272. The molecule has 1 aliphatic rings. The number of rotatable bonds is 3. The van der Waals surface area contributed by atoms with Crippen molar-refractivity contribution in [1.82, 2.24) is 4.90 Å². The number of methoxy groups -OCH3 is 1. The average molecular weight is 243 g/mol. The summed E-state index contributed by atoms with van der Waals surface area (Å²) in [6.45, 7) is 5.01. The summed E-state index contributed by atoms with van der Waals surface area (Å²) < 4.78 is 5.47. The molecule has 0 aromatic rings. The fourth-order valence-electron chi connectivity index (χ4n) is 1.16. The Bertz CT molecular complexity index is 313. The molecule has 0 spiro atoms. The molecule has 1 aliphatic heterocycles. The van der Waals surface area contributed by atoms with Gasteiger partial charge >= 0.3 is 5.97 Å². The van der Waals surface area contributed by atoms with Gasteiger partial charge in [0.1, 0.15) is 4.32 Å². The van der Waals surface area contributed by atoms with Gasteiger partial charge in [-0.1, -0.05) is 36.1 Å². The number of ether oxygens (including phenoxy) is 1. The third-order valence-electron chi connectivity index (χ3n) is 1.96. The van der Waals surface area contributed by atoms with E-state index < -0.39 is 0 Å². The molecule has 0 aromatic heterocycles. The summed E-state index contributed by atoms with van der Waals surface area (Å²) in [5.74, 6) is 0.310. The molecule has 0 atom stereocenters. The fraction of sp³-hybridized carbons (Fsp3) is 0.400. The van der Waals surface area contributed by atoms with E-state index in [4.69, 9.17) is 12.2 Å². The number of thiocarbonyl (C=S) groups is 1. The molecular weight excluding hydrogens is 230 g/mol.